The number of benzene rings is 3. The number of para-hydroxylation sites is 1. The Morgan fingerprint density at radius 1 is 0.929 bits per heavy atom. The third-order valence-electron chi connectivity index (χ3n) is 4.31. The summed E-state index contributed by atoms with van der Waals surface area (Å²) in [6.45, 7) is 0. The summed E-state index contributed by atoms with van der Waals surface area (Å²) in [5, 5.41) is 4.63. The molecule has 0 saturated heterocycles. The Bertz CT molecular complexity index is 1170. The molecular weight excluding hydrogens is 353 g/mol. The number of nitrogens with one attached hydrogen (secondary N) is 1. The van der Waals surface area contributed by atoms with Gasteiger partial charge in [0.05, 0.1) is 23.0 Å². The van der Waals surface area contributed by atoms with Gasteiger partial charge in [-0.2, -0.15) is 5.10 Å². The molecule has 0 fully saturated rings. The molecule has 0 aliphatic carbocycles. The molecule has 0 aliphatic rings. The second-order valence-electron chi connectivity index (χ2n) is 6.16. The number of nitrogens with zero attached hydrogens (tertiary/aromatic N) is 2. The largest absolute Gasteiger partial charge is 0.272 e. The van der Waals surface area contributed by atoms with Crippen molar-refractivity contribution in [3.63, 3.8) is 0 Å². The Morgan fingerprint density at radius 3 is 2.46 bits per heavy atom. The van der Waals surface area contributed by atoms with Crippen LogP contribution >= 0.6 is 0 Å². The molecule has 1 amide bonds. The number of hydrazone groups is 1. The van der Waals surface area contributed by atoms with Gasteiger partial charge in [0, 0.05) is 16.5 Å². The molecule has 3 aromatic carbocycles. The van der Waals surface area contributed by atoms with Crippen LogP contribution in [0.15, 0.2) is 90.0 Å². The maximum atomic E-state index is 13.7. The first-order valence-corrected chi connectivity index (χ1v) is 8.75. The standard InChI is InChI=1S/C23H16FN3O/c24-20-12-6-4-10-17(20)15-25-27-23(28)19-14-22(16-8-2-1-3-9-16)26-21-13-7-5-11-18(19)21/h1-15H,(H,27,28)/b25-15+. The molecule has 5 heteroatoms. The molecule has 1 heterocycles. The van der Waals surface area contributed by atoms with E-state index in [4.69, 9.17) is 0 Å². The van der Waals surface area contributed by atoms with Gasteiger partial charge >= 0.3 is 0 Å². The minimum absolute atomic E-state index is 0.298. The molecule has 0 unspecified atom stereocenters. The van der Waals surface area contributed by atoms with Crippen LogP contribution in [-0.4, -0.2) is 17.1 Å². The number of carbonyl (C=O) groups is 1. The highest BCUT2D eigenvalue weighted by Gasteiger charge is 2.13. The average Bonchev–Trinajstić information content (AvgIpc) is 2.75. The summed E-state index contributed by atoms with van der Waals surface area (Å²) in [5.74, 6) is -0.787. The minimum Gasteiger partial charge on any atom is -0.267 e. The van der Waals surface area contributed by atoms with Crippen molar-refractivity contribution in [3.05, 3.63) is 102 Å². The van der Waals surface area contributed by atoms with E-state index in [9.17, 15) is 9.18 Å². The Kier molecular flexibility index (Phi) is 4.89. The molecule has 0 atom stereocenters. The zero-order valence-corrected chi connectivity index (χ0v) is 14.8. The van der Waals surface area contributed by atoms with Gasteiger partial charge in [-0.1, -0.05) is 66.7 Å². The zero-order chi connectivity index (χ0) is 19.3. The second-order valence-corrected chi connectivity index (χ2v) is 6.16. The van der Waals surface area contributed by atoms with Crippen LogP contribution in [0.3, 0.4) is 0 Å². The van der Waals surface area contributed by atoms with Crippen LogP contribution in [0.4, 0.5) is 4.39 Å². The third kappa shape index (κ3) is 3.64. The zero-order valence-electron chi connectivity index (χ0n) is 14.8. The number of aromatic nitrogens is 1. The molecular formula is C23H16FN3O. The van der Waals surface area contributed by atoms with E-state index in [-0.39, 0.29) is 5.91 Å². The fourth-order valence-electron chi connectivity index (χ4n) is 2.92. The lowest BCUT2D eigenvalue weighted by atomic mass is 10.0. The molecule has 0 saturated carbocycles. The molecule has 0 aliphatic heterocycles. The topological polar surface area (TPSA) is 54.4 Å². The fraction of sp³-hybridized carbons (Fsp3) is 0. The molecule has 136 valence electrons. The summed E-state index contributed by atoms with van der Waals surface area (Å²) >= 11 is 0. The van der Waals surface area contributed by atoms with Crippen molar-refractivity contribution in [1.29, 1.82) is 0 Å². The van der Waals surface area contributed by atoms with E-state index in [0.29, 0.717) is 22.3 Å². The van der Waals surface area contributed by atoms with Gasteiger partial charge in [-0.25, -0.2) is 14.8 Å². The highest BCUT2D eigenvalue weighted by molar-refractivity contribution is 6.07. The van der Waals surface area contributed by atoms with Gasteiger partial charge in [-0.15, -0.1) is 0 Å². The molecule has 28 heavy (non-hydrogen) atoms. The van der Waals surface area contributed by atoms with Gasteiger partial charge in [0.15, 0.2) is 0 Å². The van der Waals surface area contributed by atoms with Crippen molar-refractivity contribution in [2.24, 2.45) is 5.10 Å². The molecule has 0 radical (unpaired) electrons. The van der Waals surface area contributed by atoms with Crippen LogP contribution in [0.2, 0.25) is 0 Å². The van der Waals surface area contributed by atoms with Crippen molar-refractivity contribution in [1.82, 2.24) is 10.4 Å². The van der Waals surface area contributed by atoms with Gasteiger partial charge < -0.3 is 0 Å². The summed E-state index contributed by atoms with van der Waals surface area (Å²) in [5.41, 5.74) is 5.56. The highest BCUT2D eigenvalue weighted by atomic mass is 19.1. The van der Waals surface area contributed by atoms with Gasteiger partial charge in [0.1, 0.15) is 5.82 Å². The lowest BCUT2D eigenvalue weighted by Crippen LogP contribution is -2.18. The Balaban J connectivity index is 1.69. The predicted octanol–water partition coefficient (Wildman–Crippen LogP) is 4.80. The monoisotopic (exact) mass is 369 g/mol. The first kappa shape index (κ1) is 17.5. The summed E-state index contributed by atoms with van der Waals surface area (Å²) in [6.07, 6.45) is 1.29. The number of fused-ring (bicyclic) bond motifs is 1. The molecule has 4 rings (SSSR count). The average molecular weight is 369 g/mol. The van der Waals surface area contributed by atoms with Crippen molar-refractivity contribution in [2.45, 2.75) is 0 Å². The Morgan fingerprint density at radius 2 is 1.64 bits per heavy atom. The number of halogens is 1. The van der Waals surface area contributed by atoms with E-state index in [0.717, 1.165) is 10.9 Å². The maximum absolute atomic E-state index is 13.7. The molecule has 0 spiro atoms. The SMILES string of the molecule is O=C(N/N=C/c1ccccc1F)c1cc(-c2ccccc2)nc2ccccc12. The van der Waals surface area contributed by atoms with Gasteiger partial charge in [0.2, 0.25) is 0 Å². The number of amides is 1. The smallest absolute Gasteiger partial charge is 0.267 e. The lowest BCUT2D eigenvalue weighted by molar-refractivity contribution is 0.0956. The maximum Gasteiger partial charge on any atom is 0.272 e. The highest BCUT2D eigenvalue weighted by Crippen LogP contribution is 2.24. The number of pyridine rings is 1. The Hall–Kier alpha value is -3.86. The van der Waals surface area contributed by atoms with Crippen LogP contribution in [0.1, 0.15) is 15.9 Å². The fourth-order valence-corrected chi connectivity index (χ4v) is 2.92. The van der Waals surface area contributed by atoms with E-state index in [1.54, 1.807) is 24.3 Å². The van der Waals surface area contributed by atoms with Crippen molar-refractivity contribution in [2.75, 3.05) is 0 Å². The van der Waals surface area contributed by atoms with E-state index in [1.165, 1.54) is 12.3 Å². The molecule has 4 nitrogen and oxygen atoms in total. The van der Waals surface area contributed by atoms with E-state index < -0.39 is 5.82 Å². The van der Waals surface area contributed by atoms with Crippen LogP contribution in [0.25, 0.3) is 22.2 Å². The van der Waals surface area contributed by atoms with Crippen molar-refractivity contribution < 1.29 is 9.18 Å². The van der Waals surface area contributed by atoms with Gasteiger partial charge in [-0.3, -0.25) is 4.79 Å². The van der Waals surface area contributed by atoms with Crippen LogP contribution in [-0.2, 0) is 0 Å². The first-order valence-electron chi connectivity index (χ1n) is 8.75. The van der Waals surface area contributed by atoms with Gasteiger partial charge in [-0.05, 0) is 18.2 Å². The van der Waals surface area contributed by atoms with E-state index >= 15 is 0 Å². The summed E-state index contributed by atoms with van der Waals surface area (Å²) in [7, 11) is 0. The van der Waals surface area contributed by atoms with Crippen molar-refractivity contribution in [3.8, 4) is 11.3 Å². The minimum atomic E-state index is -0.402. The van der Waals surface area contributed by atoms with E-state index in [2.05, 4.69) is 15.5 Å². The van der Waals surface area contributed by atoms with Crippen LogP contribution < -0.4 is 5.43 Å². The summed E-state index contributed by atoms with van der Waals surface area (Å²) in [4.78, 5) is 17.4. The van der Waals surface area contributed by atoms with Crippen molar-refractivity contribution >= 4 is 23.0 Å². The molecule has 0 bridgehead atoms. The quantitative estimate of drug-likeness (QED) is 0.415. The molecule has 4 aromatic rings. The second kappa shape index (κ2) is 7.80. The number of carbonyl (C=O) groups excluding carboxylic acids is 1. The third-order valence-corrected chi connectivity index (χ3v) is 4.31. The molecule has 1 aromatic heterocycles. The summed E-state index contributed by atoms with van der Waals surface area (Å²) in [6, 6.07) is 25.0. The number of rotatable bonds is 4. The first-order chi connectivity index (χ1) is 13.7. The lowest BCUT2D eigenvalue weighted by Gasteiger charge is -2.09. The van der Waals surface area contributed by atoms with E-state index in [1.807, 2.05) is 54.6 Å². The Labute approximate surface area is 161 Å². The number of hydrogen-bond donors (Lipinski definition) is 1. The van der Waals surface area contributed by atoms with Crippen LogP contribution in [0.5, 0.6) is 0 Å². The van der Waals surface area contributed by atoms with Gasteiger partial charge in [0.25, 0.3) is 5.91 Å². The molecule has 1 N–H and O–H groups in total. The predicted molar refractivity (Wildman–Crippen MR) is 109 cm³/mol. The number of hydrogen-bond acceptors (Lipinski definition) is 3. The summed E-state index contributed by atoms with van der Waals surface area (Å²) < 4.78 is 13.7. The normalized spacial score (nSPS) is 11.0. The van der Waals surface area contributed by atoms with Crippen LogP contribution in [0, 0.1) is 5.82 Å².